The van der Waals surface area contributed by atoms with Crippen molar-refractivity contribution in [2.24, 2.45) is 0 Å². The van der Waals surface area contributed by atoms with Crippen LogP contribution in [-0.4, -0.2) is 80.0 Å². The lowest BCUT2D eigenvalue weighted by Gasteiger charge is -2.26. The summed E-state index contributed by atoms with van der Waals surface area (Å²) in [5.41, 5.74) is 0.569. The van der Waals surface area contributed by atoms with E-state index in [2.05, 4.69) is 20.7 Å². The molecule has 1 fully saturated rings. The van der Waals surface area contributed by atoms with Gasteiger partial charge in [0.2, 0.25) is 0 Å². The molecule has 12 nitrogen and oxygen atoms in total. The number of hydrogen-bond acceptors (Lipinski definition) is 8. The van der Waals surface area contributed by atoms with Gasteiger partial charge in [-0.2, -0.15) is 13.2 Å². The van der Waals surface area contributed by atoms with Gasteiger partial charge in [0.1, 0.15) is 18.2 Å². The number of aliphatic hydroxyl groups excluding tert-OH is 1. The van der Waals surface area contributed by atoms with Crippen molar-refractivity contribution in [1.29, 1.82) is 5.41 Å². The van der Waals surface area contributed by atoms with Crippen molar-refractivity contribution >= 4 is 35.3 Å². The summed E-state index contributed by atoms with van der Waals surface area (Å²) in [6.45, 7) is -1.40. The number of para-hydroxylation sites is 1. The summed E-state index contributed by atoms with van der Waals surface area (Å²) >= 11 is 5.83. The van der Waals surface area contributed by atoms with Gasteiger partial charge in [-0.1, -0.05) is 23.7 Å². The molecule has 2 aromatic carbocycles. The number of aromatic nitrogens is 3. The highest BCUT2D eigenvalue weighted by Crippen LogP contribution is 2.22. The Balaban J connectivity index is 1.47. The van der Waals surface area contributed by atoms with Crippen molar-refractivity contribution in [3.63, 3.8) is 0 Å². The zero-order chi connectivity index (χ0) is 29.7. The monoisotopic (exact) mass is 593 g/mol. The molecule has 2 heterocycles. The fourth-order valence-electron chi connectivity index (χ4n) is 3.79. The molecule has 1 aromatic heterocycles. The van der Waals surface area contributed by atoms with Crippen LogP contribution in [0.5, 0.6) is 0 Å². The molecule has 0 spiro atoms. The lowest BCUT2D eigenvalue weighted by atomic mass is 10.1. The number of nitrogens with zero attached hydrogens (tertiary/aromatic N) is 4. The molecule has 216 valence electrons. The molecular weight excluding hydrogens is 571 g/mol. The second-order valence-corrected chi connectivity index (χ2v) is 9.22. The van der Waals surface area contributed by atoms with Gasteiger partial charge in [-0.05, 0) is 36.4 Å². The molecule has 0 radical (unpaired) electrons. The third-order valence-electron chi connectivity index (χ3n) is 5.94. The second kappa shape index (κ2) is 12.3. The van der Waals surface area contributed by atoms with Crippen LogP contribution in [0.3, 0.4) is 0 Å². The van der Waals surface area contributed by atoms with Crippen LogP contribution in [0.1, 0.15) is 28.2 Å². The predicted molar refractivity (Wildman–Crippen MR) is 137 cm³/mol. The number of hydrogen-bond donors (Lipinski definition) is 4. The molecule has 0 bridgehead atoms. The first kappa shape index (κ1) is 29.5. The minimum absolute atomic E-state index is 0.0299. The van der Waals surface area contributed by atoms with Gasteiger partial charge in [0.25, 0.3) is 5.91 Å². The molecule has 0 aliphatic carbocycles. The SMILES string of the molecule is N=C(c1ccc(Cl)cc1)N(C[C@H](O)C(F)(F)F)C(=O)NCc1ncn(-c2ccccc2C(=O)NC2CCOC2=O)n1. The van der Waals surface area contributed by atoms with Crippen molar-refractivity contribution in [3.8, 4) is 5.69 Å². The van der Waals surface area contributed by atoms with Crippen LogP contribution >= 0.6 is 11.6 Å². The van der Waals surface area contributed by atoms with Crippen molar-refractivity contribution in [2.75, 3.05) is 13.2 Å². The summed E-state index contributed by atoms with van der Waals surface area (Å²) in [5.74, 6) is -1.65. The minimum atomic E-state index is -5.03. The number of aliphatic hydroxyl groups is 1. The number of alkyl halides is 3. The summed E-state index contributed by atoms with van der Waals surface area (Å²) in [6.07, 6.45) is -6.34. The van der Waals surface area contributed by atoms with Gasteiger partial charge in [0.15, 0.2) is 11.9 Å². The van der Waals surface area contributed by atoms with E-state index in [-0.39, 0.29) is 30.1 Å². The number of cyclic esters (lactones) is 1. The van der Waals surface area contributed by atoms with Gasteiger partial charge in [0.05, 0.1) is 30.9 Å². The van der Waals surface area contributed by atoms with E-state index in [1.54, 1.807) is 18.2 Å². The summed E-state index contributed by atoms with van der Waals surface area (Å²) in [4.78, 5) is 41.9. The first-order valence-electron chi connectivity index (χ1n) is 12.1. The van der Waals surface area contributed by atoms with Gasteiger partial charge in [-0.3, -0.25) is 15.1 Å². The summed E-state index contributed by atoms with van der Waals surface area (Å²) in [7, 11) is 0. The number of carbonyl (C=O) groups excluding carboxylic acids is 3. The van der Waals surface area contributed by atoms with E-state index in [4.69, 9.17) is 21.7 Å². The Morgan fingerprint density at radius 3 is 2.59 bits per heavy atom. The number of carbonyl (C=O) groups is 3. The molecule has 16 heteroatoms. The van der Waals surface area contributed by atoms with E-state index in [1.165, 1.54) is 41.3 Å². The van der Waals surface area contributed by atoms with Crippen LogP contribution in [0.25, 0.3) is 5.69 Å². The normalized spacial score (nSPS) is 15.6. The van der Waals surface area contributed by atoms with Crippen LogP contribution in [0, 0.1) is 5.41 Å². The Morgan fingerprint density at radius 1 is 1.22 bits per heavy atom. The number of amides is 3. The molecule has 1 aliphatic rings. The molecule has 4 N–H and O–H groups in total. The number of urea groups is 1. The number of nitrogens with one attached hydrogen (secondary N) is 3. The Kier molecular flexibility index (Phi) is 8.88. The third-order valence-corrected chi connectivity index (χ3v) is 6.19. The van der Waals surface area contributed by atoms with Crippen molar-refractivity contribution < 1.29 is 37.4 Å². The average Bonchev–Trinajstić information content (AvgIpc) is 3.58. The number of amidine groups is 1. The minimum Gasteiger partial charge on any atom is -0.464 e. The number of rotatable bonds is 8. The first-order chi connectivity index (χ1) is 19.4. The van der Waals surface area contributed by atoms with E-state index < -0.39 is 48.6 Å². The van der Waals surface area contributed by atoms with E-state index in [1.807, 2.05) is 0 Å². The lowest BCUT2D eigenvalue weighted by molar-refractivity contribution is -0.204. The molecule has 4 rings (SSSR count). The predicted octanol–water partition coefficient (Wildman–Crippen LogP) is 2.43. The number of esters is 1. The van der Waals surface area contributed by atoms with Gasteiger partial charge in [0, 0.05) is 17.0 Å². The topological polar surface area (TPSA) is 163 Å². The molecule has 1 saturated heterocycles. The molecule has 1 unspecified atom stereocenters. The van der Waals surface area contributed by atoms with Crippen molar-refractivity contribution in [3.05, 3.63) is 76.8 Å². The van der Waals surface area contributed by atoms with Crippen molar-refractivity contribution in [2.45, 2.75) is 31.3 Å². The fourth-order valence-corrected chi connectivity index (χ4v) is 3.91. The zero-order valence-electron chi connectivity index (χ0n) is 21.1. The number of halogens is 4. The molecule has 41 heavy (non-hydrogen) atoms. The van der Waals surface area contributed by atoms with Gasteiger partial charge < -0.3 is 20.5 Å². The maximum absolute atomic E-state index is 13.1. The zero-order valence-corrected chi connectivity index (χ0v) is 21.8. The highest BCUT2D eigenvalue weighted by molar-refractivity contribution is 6.30. The highest BCUT2D eigenvalue weighted by atomic mass is 35.5. The van der Waals surface area contributed by atoms with Crippen LogP contribution in [0.15, 0.2) is 54.9 Å². The Morgan fingerprint density at radius 2 is 1.93 bits per heavy atom. The van der Waals surface area contributed by atoms with Crippen LogP contribution in [0.4, 0.5) is 18.0 Å². The molecule has 0 saturated carbocycles. The van der Waals surface area contributed by atoms with Crippen LogP contribution < -0.4 is 10.6 Å². The Hall–Kier alpha value is -4.50. The molecule has 2 atom stereocenters. The standard InChI is InChI=1S/C25H23ClF3N7O5/c26-15-7-5-14(6-8-15)21(30)35(12-19(37)25(27,28)29)24(40)31-11-20-32-13-36(34-20)18-4-2-1-3-16(18)22(38)33-17-9-10-41-23(17)39/h1-8,13,17,19,30,37H,9-12H2,(H,31,40)(H,33,38)/t17?,19-/m0/s1. The Bertz CT molecular complexity index is 1450. The second-order valence-electron chi connectivity index (χ2n) is 8.79. The number of ether oxygens (including phenoxy) is 1. The molecular formula is C25H23ClF3N7O5. The quantitative estimate of drug-likeness (QED) is 0.177. The lowest BCUT2D eigenvalue weighted by Crippen LogP contribution is -2.50. The summed E-state index contributed by atoms with van der Waals surface area (Å²) in [6, 6.07) is 9.94. The fraction of sp³-hybridized carbons (Fsp3) is 0.280. The maximum Gasteiger partial charge on any atom is 0.416 e. The average molecular weight is 594 g/mol. The smallest absolute Gasteiger partial charge is 0.416 e. The van der Waals surface area contributed by atoms with E-state index in [0.717, 1.165) is 0 Å². The molecule has 1 aliphatic heterocycles. The first-order valence-corrected chi connectivity index (χ1v) is 12.4. The van der Waals surface area contributed by atoms with Crippen LogP contribution in [-0.2, 0) is 16.1 Å². The van der Waals surface area contributed by atoms with Crippen LogP contribution in [0.2, 0.25) is 5.02 Å². The maximum atomic E-state index is 13.1. The van der Waals surface area contributed by atoms with Gasteiger partial charge in [-0.25, -0.2) is 19.3 Å². The van der Waals surface area contributed by atoms with Gasteiger partial charge in [-0.15, -0.1) is 5.10 Å². The largest absolute Gasteiger partial charge is 0.464 e. The van der Waals surface area contributed by atoms with Crippen molar-refractivity contribution in [1.82, 2.24) is 30.3 Å². The van der Waals surface area contributed by atoms with E-state index >= 15 is 0 Å². The van der Waals surface area contributed by atoms with E-state index in [0.29, 0.717) is 22.0 Å². The molecule has 3 amide bonds. The Labute approximate surface area is 235 Å². The number of benzene rings is 2. The highest BCUT2D eigenvalue weighted by Gasteiger charge is 2.41. The van der Waals surface area contributed by atoms with E-state index in [9.17, 15) is 32.7 Å². The summed E-state index contributed by atoms with van der Waals surface area (Å²) < 4.78 is 45.3. The third kappa shape index (κ3) is 7.18. The molecule has 3 aromatic rings. The summed E-state index contributed by atoms with van der Waals surface area (Å²) in [5, 5.41) is 27.3. The van der Waals surface area contributed by atoms with Gasteiger partial charge >= 0.3 is 18.2 Å².